The lowest BCUT2D eigenvalue weighted by Gasteiger charge is -2.27. The first-order valence-corrected chi connectivity index (χ1v) is 5.28. The average Bonchev–Trinajstić information content (AvgIpc) is 2.13. The van der Waals surface area contributed by atoms with Crippen molar-refractivity contribution in [3.05, 3.63) is 17.5 Å². The van der Waals surface area contributed by atoms with Crippen molar-refractivity contribution in [3.8, 4) is 0 Å². The van der Waals surface area contributed by atoms with Crippen molar-refractivity contribution in [2.24, 2.45) is 0 Å². The fourth-order valence-electron chi connectivity index (χ4n) is 1.36. The molecule has 1 rings (SSSR count). The van der Waals surface area contributed by atoms with Crippen molar-refractivity contribution >= 4 is 17.4 Å². The van der Waals surface area contributed by atoms with Gasteiger partial charge in [-0.1, -0.05) is 6.92 Å². The monoisotopic (exact) mass is 213 g/mol. The Kier molecular flexibility index (Phi) is 4.14. The predicted octanol–water partition coefficient (Wildman–Crippen LogP) is 2.75. The van der Waals surface area contributed by atoms with Crippen LogP contribution in [0.25, 0.3) is 0 Å². The Morgan fingerprint density at radius 2 is 2.21 bits per heavy atom. The fraction of sp³-hybridized carbons (Fsp3) is 0.600. The molecular weight excluding hydrogens is 198 g/mol. The minimum absolute atomic E-state index is 0.309. The molecule has 0 amide bonds. The van der Waals surface area contributed by atoms with Crippen LogP contribution in [0.3, 0.4) is 0 Å². The second kappa shape index (κ2) is 5.15. The summed E-state index contributed by atoms with van der Waals surface area (Å²) in [5, 5.41) is 0.309. The molecule has 0 aliphatic carbocycles. The van der Waals surface area contributed by atoms with Gasteiger partial charge in [-0.05, 0) is 37.9 Å². The van der Waals surface area contributed by atoms with Crippen LogP contribution in [0, 0.1) is 0 Å². The molecule has 0 atom stereocenters. The van der Waals surface area contributed by atoms with Gasteiger partial charge in [-0.25, -0.2) is 9.97 Å². The van der Waals surface area contributed by atoms with Gasteiger partial charge in [-0.15, -0.1) is 0 Å². The smallest absolute Gasteiger partial charge is 0.224 e. The van der Waals surface area contributed by atoms with Crippen LogP contribution in [0.2, 0.25) is 5.28 Å². The van der Waals surface area contributed by atoms with Gasteiger partial charge in [0.2, 0.25) is 5.28 Å². The van der Waals surface area contributed by atoms with Crippen molar-refractivity contribution in [3.63, 3.8) is 0 Å². The summed E-state index contributed by atoms with van der Waals surface area (Å²) >= 11 is 5.74. The third-order valence-electron chi connectivity index (χ3n) is 1.99. The third kappa shape index (κ3) is 2.84. The third-order valence-corrected chi connectivity index (χ3v) is 2.18. The van der Waals surface area contributed by atoms with Crippen molar-refractivity contribution in [2.75, 3.05) is 11.4 Å². The lowest BCUT2D eigenvalue weighted by molar-refractivity contribution is 0.661. The standard InChI is InChI=1S/C10H16ClN3/c1-4-7-14(8(2)3)9-5-6-12-10(11)13-9/h5-6,8H,4,7H2,1-3H3. The van der Waals surface area contributed by atoms with Gasteiger partial charge < -0.3 is 4.90 Å². The molecule has 0 radical (unpaired) electrons. The van der Waals surface area contributed by atoms with E-state index in [1.54, 1.807) is 6.20 Å². The van der Waals surface area contributed by atoms with Gasteiger partial charge in [-0.2, -0.15) is 0 Å². The summed E-state index contributed by atoms with van der Waals surface area (Å²) in [5.74, 6) is 0.904. The molecule has 0 bridgehead atoms. The van der Waals surface area contributed by atoms with Gasteiger partial charge >= 0.3 is 0 Å². The average molecular weight is 214 g/mol. The highest BCUT2D eigenvalue weighted by atomic mass is 35.5. The molecule has 0 unspecified atom stereocenters. The number of hydrogen-bond donors (Lipinski definition) is 0. The highest BCUT2D eigenvalue weighted by molar-refractivity contribution is 6.28. The second-order valence-corrected chi connectivity index (χ2v) is 3.81. The molecule has 0 saturated carbocycles. The summed E-state index contributed by atoms with van der Waals surface area (Å²) < 4.78 is 0. The lowest BCUT2D eigenvalue weighted by Crippen LogP contribution is -2.32. The van der Waals surface area contributed by atoms with Crippen molar-refractivity contribution in [2.45, 2.75) is 33.2 Å². The van der Waals surface area contributed by atoms with Crippen LogP contribution in [-0.2, 0) is 0 Å². The van der Waals surface area contributed by atoms with Crippen molar-refractivity contribution in [1.29, 1.82) is 0 Å². The molecule has 4 heteroatoms. The SMILES string of the molecule is CCCN(c1ccnc(Cl)n1)C(C)C. The molecule has 3 nitrogen and oxygen atoms in total. The van der Waals surface area contributed by atoms with Gasteiger partial charge in [0, 0.05) is 18.8 Å². The summed E-state index contributed by atoms with van der Waals surface area (Å²) in [6.45, 7) is 7.43. The molecule has 0 aromatic carbocycles. The Labute approximate surface area is 90.1 Å². The Balaban J connectivity index is 2.87. The molecule has 1 heterocycles. The molecule has 78 valence electrons. The number of rotatable bonds is 4. The maximum Gasteiger partial charge on any atom is 0.224 e. The van der Waals surface area contributed by atoms with E-state index in [4.69, 9.17) is 11.6 Å². The highest BCUT2D eigenvalue weighted by Crippen LogP contribution is 2.15. The van der Waals surface area contributed by atoms with Gasteiger partial charge in [0.15, 0.2) is 0 Å². The second-order valence-electron chi connectivity index (χ2n) is 3.47. The van der Waals surface area contributed by atoms with E-state index in [0.717, 1.165) is 18.8 Å². The van der Waals surface area contributed by atoms with E-state index in [2.05, 4.69) is 35.6 Å². The van der Waals surface area contributed by atoms with E-state index < -0.39 is 0 Å². The van der Waals surface area contributed by atoms with E-state index in [1.165, 1.54) is 0 Å². The number of hydrogen-bond acceptors (Lipinski definition) is 3. The molecule has 0 fully saturated rings. The predicted molar refractivity (Wildman–Crippen MR) is 59.8 cm³/mol. The van der Waals surface area contributed by atoms with Gasteiger partial charge in [0.1, 0.15) is 5.82 Å². The lowest BCUT2D eigenvalue weighted by atomic mass is 10.3. The molecule has 0 saturated heterocycles. The number of aromatic nitrogens is 2. The minimum atomic E-state index is 0.309. The fourth-order valence-corrected chi connectivity index (χ4v) is 1.51. The Hall–Kier alpha value is -0.830. The highest BCUT2D eigenvalue weighted by Gasteiger charge is 2.10. The molecule has 1 aromatic heterocycles. The van der Waals surface area contributed by atoms with Crippen LogP contribution in [0.4, 0.5) is 5.82 Å². The van der Waals surface area contributed by atoms with E-state index in [0.29, 0.717) is 11.3 Å². The largest absolute Gasteiger partial charge is 0.354 e. The maximum absolute atomic E-state index is 5.74. The van der Waals surface area contributed by atoms with E-state index >= 15 is 0 Å². The summed E-state index contributed by atoms with van der Waals surface area (Å²) in [7, 11) is 0. The van der Waals surface area contributed by atoms with Crippen LogP contribution < -0.4 is 4.90 Å². The zero-order valence-electron chi connectivity index (χ0n) is 8.87. The quantitative estimate of drug-likeness (QED) is 0.721. The maximum atomic E-state index is 5.74. The van der Waals surface area contributed by atoms with Crippen LogP contribution >= 0.6 is 11.6 Å². The first-order valence-electron chi connectivity index (χ1n) is 4.90. The zero-order chi connectivity index (χ0) is 10.6. The normalized spacial score (nSPS) is 10.6. The van der Waals surface area contributed by atoms with Gasteiger partial charge in [0.25, 0.3) is 0 Å². The summed E-state index contributed by atoms with van der Waals surface area (Å²) in [5.41, 5.74) is 0. The van der Waals surface area contributed by atoms with Crippen LogP contribution in [0.15, 0.2) is 12.3 Å². The molecule has 0 aliphatic heterocycles. The number of anilines is 1. The first-order chi connectivity index (χ1) is 6.65. The Morgan fingerprint density at radius 3 is 2.71 bits per heavy atom. The zero-order valence-corrected chi connectivity index (χ0v) is 9.62. The van der Waals surface area contributed by atoms with Crippen LogP contribution in [-0.4, -0.2) is 22.6 Å². The van der Waals surface area contributed by atoms with Gasteiger partial charge in [0.05, 0.1) is 0 Å². The summed E-state index contributed by atoms with van der Waals surface area (Å²) in [4.78, 5) is 10.3. The molecule has 0 N–H and O–H groups in total. The number of halogens is 1. The minimum Gasteiger partial charge on any atom is -0.354 e. The van der Waals surface area contributed by atoms with E-state index in [-0.39, 0.29) is 0 Å². The number of nitrogens with zero attached hydrogens (tertiary/aromatic N) is 3. The Morgan fingerprint density at radius 1 is 1.50 bits per heavy atom. The van der Waals surface area contributed by atoms with Gasteiger partial charge in [-0.3, -0.25) is 0 Å². The first kappa shape index (κ1) is 11.2. The molecule has 14 heavy (non-hydrogen) atoms. The van der Waals surface area contributed by atoms with Crippen LogP contribution in [0.1, 0.15) is 27.2 Å². The van der Waals surface area contributed by atoms with Crippen LogP contribution in [0.5, 0.6) is 0 Å². The Bertz CT molecular complexity index is 288. The molecular formula is C10H16ClN3. The van der Waals surface area contributed by atoms with Crippen molar-refractivity contribution < 1.29 is 0 Å². The molecule has 0 aliphatic rings. The summed E-state index contributed by atoms with van der Waals surface area (Å²) in [6.07, 6.45) is 2.79. The molecule has 1 aromatic rings. The topological polar surface area (TPSA) is 29.0 Å². The van der Waals surface area contributed by atoms with E-state index in [1.807, 2.05) is 6.07 Å². The van der Waals surface area contributed by atoms with E-state index in [9.17, 15) is 0 Å². The van der Waals surface area contributed by atoms with Crippen molar-refractivity contribution in [1.82, 2.24) is 9.97 Å². The summed E-state index contributed by atoms with van der Waals surface area (Å²) in [6, 6.07) is 2.32. The molecule has 0 spiro atoms.